The van der Waals surface area contributed by atoms with Crippen molar-refractivity contribution in [3.05, 3.63) is 71.7 Å². The van der Waals surface area contributed by atoms with Gasteiger partial charge in [-0.25, -0.2) is 18.4 Å². The van der Waals surface area contributed by atoms with Crippen LogP contribution in [0.2, 0.25) is 0 Å². The van der Waals surface area contributed by atoms with Crippen LogP contribution in [-0.2, 0) is 9.84 Å². The summed E-state index contributed by atoms with van der Waals surface area (Å²) >= 11 is 1.06. The second-order valence-electron chi connectivity index (χ2n) is 7.22. The summed E-state index contributed by atoms with van der Waals surface area (Å²) in [5.74, 6) is -0.0731. The van der Waals surface area contributed by atoms with E-state index in [1.165, 1.54) is 36.1 Å². The van der Waals surface area contributed by atoms with Gasteiger partial charge in [0.15, 0.2) is 0 Å². The second kappa shape index (κ2) is 8.25. The van der Waals surface area contributed by atoms with E-state index in [1.807, 2.05) is 0 Å². The summed E-state index contributed by atoms with van der Waals surface area (Å²) < 4.78 is 25.6. The molecule has 4 rings (SSSR count). The Morgan fingerprint density at radius 2 is 1.97 bits per heavy atom. The minimum Gasteiger partial charge on any atom is -0.393 e. The van der Waals surface area contributed by atoms with E-state index in [1.54, 1.807) is 18.2 Å². The standard InChI is InChI=1S/C21H20N3O4S2/c1-13-7-14(8-18(13)25)24-21-17(10-22-12-23-21)20(26)19-9-16(11-29-19)30(27,28)15-5-3-2-4-6-15/h2-6,9-14,18,25H,1,7-8H2,(H,22,23,24)/t13-,14-,18+/m1/s1. The van der Waals surface area contributed by atoms with Crippen LogP contribution in [-0.4, -0.2) is 41.4 Å². The number of anilines is 1. The lowest BCUT2D eigenvalue weighted by Crippen LogP contribution is -2.20. The van der Waals surface area contributed by atoms with Crippen molar-refractivity contribution in [3.63, 3.8) is 0 Å². The van der Waals surface area contributed by atoms with Gasteiger partial charge < -0.3 is 10.4 Å². The van der Waals surface area contributed by atoms with Gasteiger partial charge in [-0.1, -0.05) is 18.2 Å². The molecule has 0 amide bonds. The summed E-state index contributed by atoms with van der Waals surface area (Å²) in [7, 11) is -3.70. The number of ketones is 1. The molecule has 0 unspecified atom stereocenters. The third kappa shape index (κ3) is 4.00. The molecule has 3 atom stereocenters. The van der Waals surface area contributed by atoms with Crippen LogP contribution in [0, 0.1) is 12.8 Å². The molecular weight excluding hydrogens is 422 g/mol. The first-order valence-electron chi connectivity index (χ1n) is 9.37. The Balaban J connectivity index is 1.59. The number of hydrogen-bond acceptors (Lipinski definition) is 8. The zero-order valence-electron chi connectivity index (χ0n) is 15.9. The van der Waals surface area contributed by atoms with Crippen LogP contribution in [0.25, 0.3) is 0 Å². The summed E-state index contributed by atoms with van der Waals surface area (Å²) in [6.45, 7) is 3.92. The molecule has 1 fully saturated rings. The molecule has 1 saturated carbocycles. The van der Waals surface area contributed by atoms with Crippen molar-refractivity contribution < 1.29 is 18.3 Å². The van der Waals surface area contributed by atoms with Crippen LogP contribution >= 0.6 is 11.3 Å². The van der Waals surface area contributed by atoms with Crippen molar-refractivity contribution in [3.8, 4) is 0 Å². The van der Waals surface area contributed by atoms with Crippen LogP contribution < -0.4 is 5.32 Å². The fourth-order valence-corrected chi connectivity index (χ4v) is 5.98. The molecule has 2 N–H and O–H groups in total. The summed E-state index contributed by atoms with van der Waals surface area (Å²) in [6.07, 6.45) is 3.44. The highest BCUT2D eigenvalue weighted by Gasteiger charge is 2.31. The van der Waals surface area contributed by atoms with E-state index in [4.69, 9.17) is 0 Å². The zero-order chi connectivity index (χ0) is 21.3. The van der Waals surface area contributed by atoms with E-state index in [0.717, 1.165) is 11.3 Å². The van der Waals surface area contributed by atoms with Crippen LogP contribution in [0.15, 0.2) is 64.1 Å². The fourth-order valence-electron chi connectivity index (χ4n) is 3.47. The van der Waals surface area contributed by atoms with Gasteiger partial charge >= 0.3 is 0 Å². The van der Waals surface area contributed by atoms with Gasteiger partial charge in [-0.2, -0.15) is 0 Å². The molecule has 155 valence electrons. The Labute approximate surface area is 178 Å². The van der Waals surface area contributed by atoms with Gasteiger partial charge in [0, 0.05) is 17.6 Å². The number of sulfone groups is 1. The Kier molecular flexibility index (Phi) is 5.68. The van der Waals surface area contributed by atoms with Crippen molar-refractivity contribution in [2.24, 2.45) is 5.92 Å². The molecule has 1 aliphatic rings. The number of aliphatic hydroxyl groups excluding tert-OH is 1. The summed E-state index contributed by atoms with van der Waals surface area (Å²) in [6, 6.07) is 9.42. The predicted molar refractivity (Wildman–Crippen MR) is 113 cm³/mol. The first-order chi connectivity index (χ1) is 14.4. The first kappa shape index (κ1) is 20.6. The SMILES string of the molecule is [CH2][C@@H]1C[C@@H](Nc2ncncc2C(=O)c2cc(S(=O)(=O)c3ccccc3)cs2)C[C@@H]1O. The summed E-state index contributed by atoms with van der Waals surface area (Å²) in [4.78, 5) is 21.7. The molecule has 1 radical (unpaired) electrons. The molecule has 1 aromatic carbocycles. The van der Waals surface area contributed by atoms with Crippen LogP contribution in [0.1, 0.15) is 28.1 Å². The number of nitrogens with one attached hydrogen (secondary N) is 1. The van der Waals surface area contributed by atoms with E-state index >= 15 is 0 Å². The number of rotatable bonds is 6. The second-order valence-corrected chi connectivity index (χ2v) is 10.1. The van der Waals surface area contributed by atoms with E-state index in [0.29, 0.717) is 18.7 Å². The van der Waals surface area contributed by atoms with Gasteiger partial charge in [0.25, 0.3) is 0 Å². The molecule has 3 aromatic rings. The smallest absolute Gasteiger partial charge is 0.208 e. The topological polar surface area (TPSA) is 109 Å². The first-order valence-corrected chi connectivity index (χ1v) is 11.7. The van der Waals surface area contributed by atoms with E-state index in [9.17, 15) is 18.3 Å². The third-order valence-electron chi connectivity index (χ3n) is 5.12. The fraction of sp³-hybridized carbons (Fsp3) is 0.238. The van der Waals surface area contributed by atoms with Crippen molar-refractivity contribution >= 4 is 32.8 Å². The average Bonchev–Trinajstić information content (AvgIpc) is 3.36. The third-order valence-corrected chi connectivity index (χ3v) is 7.95. The lowest BCUT2D eigenvalue weighted by atomic mass is 10.1. The monoisotopic (exact) mass is 442 g/mol. The minimum atomic E-state index is -3.70. The molecule has 30 heavy (non-hydrogen) atoms. The quantitative estimate of drug-likeness (QED) is 0.565. The Morgan fingerprint density at radius 1 is 1.20 bits per heavy atom. The summed E-state index contributed by atoms with van der Waals surface area (Å²) in [5, 5.41) is 14.6. The molecule has 0 aliphatic heterocycles. The molecule has 9 heteroatoms. The molecule has 2 heterocycles. The van der Waals surface area contributed by atoms with Crippen molar-refractivity contribution in [1.82, 2.24) is 9.97 Å². The highest BCUT2D eigenvalue weighted by Crippen LogP contribution is 2.30. The zero-order valence-corrected chi connectivity index (χ0v) is 17.6. The molecule has 7 nitrogen and oxygen atoms in total. The minimum absolute atomic E-state index is 0.0543. The van der Waals surface area contributed by atoms with Gasteiger partial charge in [-0.3, -0.25) is 4.79 Å². The number of hydrogen-bond donors (Lipinski definition) is 2. The Morgan fingerprint density at radius 3 is 2.67 bits per heavy atom. The van der Waals surface area contributed by atoms with E-state index in [-0.39, 0.29) is 38.0 Å². The number of thiophene rings is 1. The van der Waals surface area contributed by atoms with Crippen molar-refractivity contribution in [1.29, 1.82) is 0 Å². The molecular formula is C21H20N3O4S2. The number of nitrogens with zero attached hydrogens (tertiary/aromatic N) is 2. The average molecular weight is 443 g/mol. The van der Waals surface area contributed by atoms with Gasteiger partial charge in [0.05, 0.1) is 26.3 Å². The number of carbonyl (C=O) groups is 1. The lowest BCUT2D eigenvalue weighted by molar-refractivity contribution is 0.104. The lowest BCUT2D eigenvalue weighted by Gasteiger charge is -2.15. The van der Waals surface area contributed by atoms with Gasteiger partial charge in [0.1, 0.15) is 12.1 Å². The van der Waals surface area contributed by atoms with Gasteiger partial charge in [-0.05, 0) is 43.9 Å². The highest BCUT2D eigenvalue weighted by molar-refractivity contribution is 7.91. The maximum atomic E-state index is 13.1. The molecule has 0 bridgehead atoms. The number of benzene rings is 1. The maximum Gasteiger partial charge on any atom is 0.208 e. The molecule has 1 aliphatic carbocycles. The van der Waals surface area contributed by atoms with Gasteiger partial charge in [-0.15, -0.1) is 11.3 Å². The molecule has 2 aromatic heterocycles. The number of aliphatic hydroxyl groups is 1. The van der Waals surface area contributed by atoms with Crippen LogP contribution in [0.5, 0.6) is 0 Å². The van der Waals surface area contributed by atoms with Crippen molar-refractivity contribution in [2.45, 2.75) is 34.8 Å². The van der Waals surface area contributed by atoms with Crippen LogP contribution in [0.3, 0.4) is 0 Å². The number of aromatic nitrogens is 2. The maximum absolute atomic E-state index is 13.1. The largest absolute Gasteiger partial charge is 0.393 e. The summed E-state index contributed by atoms with van der Waals surface area (Å²) in [5.41, 5.74) is 0.255. The normalized spacial score (nSPS) is 21.5. The van der Waals surface area contributed by atoms with Gasteiger partial charge in [0.2, 0.25) is 15.6 Å². The van der Waals surface area contributed by atoms with Crippen LogP contribution in [0.4, 0.5) is 5.82 Å². The highest BCUT2D eigenvalue weighted by atomic mass is 32.2. The van der Waals surface area contributed by atoms with E-state index in [2.05, 4.69) is 22.2 Å². The molecule has 0 saturated heterocycles. The molecule has 0 spiro atoms. The Bertz CT molecular complexity index is 1150. The Hall–Kier alpha value is -2.62. The van der Waals surface area contributed by atoms with E-state index < -0.39 is 15.9 Å². The predicted octanol–water partition coefficient (Wildman–Crippen LogP) is 2.99. The number of carbonyl (C=O) groups excluding carboxylic acids is 1. The van der Waals surface area contributed by atoms with Crippen molar-refractivity contribution in [2.75, 3.05) is 5.32 Å².